The monoisotopic (exact) mass is 306 g/mol. The summed E-state index contributed by atoms with van der Waals surface area (Å²) in [6.07, 6.45) is 0. The van der Waals surface area contributed by atoms with Crippen LogP contribution in [0.5, 0.6) is 0 Å². The van der Waals surface area contributed by atoms with Gasteiger partial charge in [-0.3, -0.25) is 0 Å². The van der Waals surface area contributed by atoms with Gasteiger partial charge in [-0.1, -0.05) is 35.0 Å². The van der Waals surface area contributed by atoms with Crippen LogP contribution in [-0.2, 0) is 0 Å². The second-order valence-electron chi connectivity index (χ2n) is 4.38. The molecule has 0 spiro atoms. The van der Waals surface area contributed by atoms with Gasteiger partial charge in [0.1, 0.15) is 11.6 Å². The summed E-state index contributed by atoms with van der Waals surface area (Å²) in [6, 6.07) is 10.2. The first-order valence-corrected chi connectivity index (χ1v) is 6.41. The van der Waals surface area contributed by atoms with Gasteiger partial charge in [0.15, 0.2) is 11.6 Å². The first-order chi connectivity index (χ1) is 10.1. The van der Waals surface area contributed by atoms with Crippen molar-refractivity contribution in [2.24, 2.45) is 0 Å². The van der Waals surface area contributed by atoms with Crippen molar-refractivity contribution < 1.29 is 13.3 Å². The topological polar surface area (TPSA) is 52.0 Å². The molecule has 0 bridgehead atoms. The lowest BCUT2D eigenvalue weighted by Gasteiger charge is -2.05. The first-order valence-electron chi connectivity index (χ1n) is 6.03. The van der Waals surface area contributed by atoms with Crippen molar-refractivity contribution in [1.82, 2.24) is 5.16 Å². The fraction of sp³-hybridized carbons (Fsp3) is 0. The highest BCUT2D eigenvalue weighted by atomic mass is 35.5. The van der Waals surface area contributed by atoms with Crippen molar-refractivity contribution in [3.63, 3.8) is 0 Å². The SMILES string of the molecule is Nc1noc(-c2c(F)cccc2F)c1-c1cccc(Cl)c1. The maximum atomic E-state index is 13.9. The van der Waals surface area contributed by atoms with E-state index in [-0.39, 0.29) is 17.1 Å². The number of benzene rings is 2. The molecule has 3 nitrogen and oxygen atoms in total. The van der Waals surface area contributed by atoms with Gasteiger partial charge in [-0.05, 0) is 29.8 Å². The Balaban J connectivity index is 2.27. The number of rotatable bonds is 2. The van der Waals surface area contributed by atoms with E-state index in [2.05, 4.69) is 5.16 Å². The molecule has 0 radical (unpaired) electrons. The van der Waals surface area contributed by atoms with Crippen LogP contribution in [0.3, 0.4) is 0 Å². The highest BCUT2D eigenvalue weighted by Gasteiger charge is 2.23. The zero-order chi connectivity index (χ0) is 15.0. The van der Waals surface area contributed by atoms with Crippen LogP contribution in [-0.4, -0.2) is 5.16 Å². The van der Waals surface area contributed by atoms with Gasteiger partial charge in [0.25, 0.3) is 0 Å². The van der Waals surface area contributed by atoms with E-state index in [9.17, 15) is 8.78 Å². The molecule has 0 saturated heterocycles. The molecule has 0 amide bonds. The molecule has 0 fully saturated rings. The van der Waals surface area contributed by atoms with Crippen molar-refractivity contribution in [2.75, 3.05) is 5.73 Å². The predicted octanol–water partition coefficient (Wildman–Crippen LogP) is 4.52. The number of anilines is 1. The molecule has 0 aliphatic carbocycles. The minimum Gasteiger partial charge on any atom is -0.380 e. The molecular weight excluding hydrogens is 298 g/mol. The Kier molecular flexibility index (Phi) is 3.35. The van der Waals surface area contributed by atoms with E-state index < -0.39 is 11.6 Å². The fourth-order valence-corrected chi connectivity index (χ4v) is 2.30. The lowest BCUT2D eigenvalue weighted by Crippen LogP contribution is -1.92. The summed E-state index contributed by atoms with van der Waals surface area (Å²) in [6.45, 7) is 0. The lowest BCUT2D eigenvalue weighted by molar-refractivity contribution is 0.430. The molecule has 1 aromatic heterocycles. The van der Waals surface area contributed by atoms with Crippen LogP contribution >= 0.6 is 11.6 Å². The largest absolute Gasteiger partial charge is 0.380 e. The second kappa shape index (κ2) is 5.18. The number of halogens is 3. The van der Waals surface area contributed by atoms with Crippen LogP contribution < -0.4 is 5.73 Å². The van der Waals surface area contributed by atoms with Gasteiger partial charge in [0, 0.05) is 5.02 Å². The molecule has 0 atom stereocenters. The molecule has 6 heteroatoms. The van der Waals surface area contributed by atoms with E-state index in [4.69, 9.17) is 21.9 Å². The van der Waals surface area contributed by atoms with Crippen molar-refractivity contribution >= 4 is 17.4 Å². The van der Waals surface area contributed by atoms with E-state index in [1.165, 1.54) is 6.07 Å². The van der Waals surface area contributed by atoms with E-state index >= 15 is 0 Å². The van der Waals surface area contributed by atoms with Crippen LogP contribution in [0.2, 0.25) is 5.02 Å². The van der Waals surface area contributed by atoms with Crippen LogP contribution in [0.1, 0.15) is 0 Å². The number of hydrogen-bond acceptors (Lipinski definition) is 3. The standard InChI is InChI=1S/C15H9ClF2N2O/c16-9-4-1-3-8(7-9)12-14(21-20-15(12)19)13-10(17)5-2-6-11(13)18/h1-7H,(H2,19,20). The predicted molar refractivity (Wildman–Crippen MR) is 76.7 cm³/mol. The van der Waals surface area contributed by atoms with Gasteiger partial charge in [0.2, 0.25) is 0 Å². The van der Waals surface area contributed by atoms with Crippen molar-refractivity contribution in [3.8, 4) is 22.5 Å². The third-order valence-corrected chi connectivity index (χ3v) is 3.26. The normalized spacial score (nSPS) is 10.8. The third kappa shape index (κ3) is 2.36. The molecule has 3 aromatic rings. The van der Waals surface area contributed by atoms with Crippen molar-refractivity contribution in [2.45, 2.75) is 0 Å². The highest BCUT2D eigenvalue weighted by molar-refractivity contribution is 6.30. The average molecular weight is 307 g/mol. The van der Waals surface area contributed by atoms with E-state index in [1.807, 2.05) is 0 Å². The summed E-state index contributed by atoms with van der Waals surface area (Å²) >= 11 is 5.94. The average Bonchev–Trinajstić information content (AvgIpc) is 2.80. The molecule has 106 valence electrons. The number of aromatic nitrogens is 1. The minimum absolute atomic E-state index is 0.0370. The maximum Gasteiger partial charge on any atom is 0.182 e. The Bertz CT molecular complexity index is 797. The van der Waals surface area contributed by atoms with E-state index in [0.717, 1.165) is 12.1 Å². The van der Waals surface area contributed by atoms with Crippen LogP contribution in [0.25, 0.3) is 22.5 Å². The quantitative estimate of drug-likeness (QED) is 0.757. The lowest BCUT2D eigenvalue weighted by atomic mass is 10.0. The van der Waals surface area contributed by atoms with E-state index in [1.54, 1.807) is 24.3 Å². The Labute approximate surface area is 123 Å². The summed E-state index contributed by atoms with van der Waals surface area (Å²) in [4.78, 5) is 0. The summed E-state index contributed by atoms with van der Waals surface area (Å²) < 4.78 is 32.9. The molecule has 1 heterocycles. The Morgan fingerprint density at radius 1 is 1.00 bits per heavy atom. The summed E-state index contributed by atoms with van der Waals surface area (Å²) in [5, 5.41) is 4.07. The summed E-state index contributed by atoms with van der Waals surface area (Å²) in [7, 11) is 0. The number of nitrogens with two attached hydrogens (primary N) is 1. The Hall–Kier alpha value is -2.40. The van der Waals surface area contributed by atoms with Gasteiger partial charge >= 0.3 is 0 Å². The van der Waals surface area contributed by atoms with Gasteiger partial charge in [-0.25, -0.2) is 8.78 Å². The first kappa shape index (κ1) is 13.6. The molecule has 2 N–H and O–H groups in total. The molecule has 21 heavy (non-hydrogen) atoms. The maximum absolute atomic E-state index is 13.9. The van der Waals surface area contributed by atoms with E-state index in [0.29, 0.717) is 16.1 Å². The second-order valence-corrected chi connectivity index (χ2v) is 4.82. The number of hydrogen-bond donors (Lipinski definition) is 1. The third-order valence-electron chi connectivity index (χ3n) is 3.02. The van der Waals surface area contributed by atoms with Gasteiger partial charge in [0.05, 0.1) is 11.1 Å². The number of nitrogen functional groups attached to an aromatic ring is 1. The highest BCUT2D eigenvalue weighted by Crippen LogP contribution is 2.39. The molecule has 3 rings (SSSR count). The van der Waals surface area contributed by atoms with Crippen LogP contribution in [0, 0.1) is 11.6 Å². The van der Waals surface area contributed by atoms with Gasteiger partial charge in [-0.2, -0.15) is 0 Å². The minimum atomic E-state index is -0.755. The number of nitrogens with zero attached hydrogens (tertiary/aromatic N) is 1. The molecule has 0 saturated carbocycles. The Morgan fingerprint density at radius 3 is 2.33 bits per heavy atom. The molecule has 0 aliphatic rings. The van der Waals surface area contributed by atoms with Gasteiger partial charge in [-0.15, -0.1) is 0 Å². The molecule has 0 unspecified atom stereocenters. The Morgan fingerprint density at radius 2 is 1.67 bits per heavy atom. The van der Waals surface area contributed by atoms with Crippen molar-refractivity contribution in [3.05, 3.63) is 59.1 Å². The van der Waals surface area contributed by atoms with Crippen LogP contribution in [0.15, 0.2) is 47.0 Å². The summed E-state index contributed by atoms with van der Waals surface area (Å²) in [5.74, 6) is -1.54. The van der Waals surface area contributed by atoms with Gasteiger partial charge < -0.3 is 10.3 Å². The fourth-order valence-electron chi connectivity index (χ4n) is 2.11. The van der Waals surface area contributed by atoms with Crippen LogP contribution in [0.4, 0.5) is 14.6 Å². The molecular formula is C15H9ClF2N2O. The zero-order valence-corrected chi connectivity index (χ0v) is 11.4. The summed E-state index contributed by atoms with van der Waals surface area (Å²) in [5.41, 5.74) is 6.33. The smallest absolute Gasteiger partial charge is 0.182 e. The zero-order valence-electron chi connectivity index (χ0n) is 10.6. The van der Waals surface area contributed by atoms with Crippen molar-refractivity contribution in [1.29, 1.82) is 0 Å². The molecule has 2 aromatic carbocycles. The molecule has 0 aliphatic heterocycles.